The van der Waals surface area contributed by atoms with E-state index < -0.39 is 10.8 Å². The van der Waals surface area contributed by atoms with Crippen LogP contribution in [0, 0.1) is 10.1 Å². The molecular formula is C17H18N2O7. The lowest BCUT2D eigenvalue weighted by Crippen LogP contribution is -2.23. The Morgan fingerprint density at radius 3 is 2.23 bits per heavy atom. The van der Waals surface area contributed by atoms with E-state index in [1.807, 2.05) is 0 Å². The third-order valence-corrected chi connectivity index (χ3v) is 3.64. The highest BCUT2D eigenvalue weighted by atomic mass is 16.6. The van der Waals surface area contributed by atoms with Crippen molar-refractivity contribution in [2.75, 3.05) is 21.3 Å². The van der Waals surface area contributed by atoms with Crippen LogP contribution >= 0.6 is 0 Å². The number of carbonyl (C=O) groups excluding carboxylic acids is 1. The second kappa shape index (κ2) is 8.06. The van der Waals surface area contributed by atoms with Gasteiger partial charge in [-0.15, -0.1) is 0 Å². The smallest absolute Gasteiger partial charge is 0.270 e. The van der Waals surface area contributed by atoms with Crippen LogP contribution in [0.3, 0.4) is 0 Å². The molecule has 0 radical (unpaired) electrons. The van der Waals surface area contributed by atoms with Gasteiger partial charge in [-0.25, -0.2) is 0 Å². The average Bonchev–Trinajstić information content (AvgIpc) is 2.65. The summed E-state index contributed by atoms with van der Waals surface area (Å²) in [4.78, 5) is 22.6. The van der Waals surface area contributed by atoms with Gasteiger partial charge in [0.15, 0.2) is 11.5 Å². The lowest BCUT2D eigenvalue weighted by Gasteiger charge is -2.14. The SMILES string of the molecule is COc1cc(C(=O)NCc2cc([N+](=O)[O-])ccc2O)cc(OC)c1OC. The number of hydrogen-bond donors (Lipinski definition) is 2. The number of non-ortho nitro benzene ring substituents is 1. The lowest BCUT2D eigenvalue weighted by atomic mass is 10.1. The molecule has 1 amide bonds. The zero-order chi connectivity index (χ0) is 19.3. The number of amides is 1. The van der Waals surface area contributed by atoms with Gasteiger partial charge >= 0.3 is 0 Å². The first-order valence-corrected chi connectivity index (χ1v) is 7.45. The van der Waals surface area contributed by atoms with Gasteiger partial charge in [-0.3, -0.25) is 14.9 Å². The molecule has 0 bridgehead atoms. The van der Waals surface area contributed by atoms with Crippen molar-refractivity contribution in [3.05, 3.63) is 51.6 Å². The van der Waals surface area contributed by atoms with Gasteiger partial charge in [0.1, 0.15) is 5.75 Å². The van der Waals surface area contributed by atoms with Gasteiger partial charge in [-0.2, -0.15) is 0 Å². The first-order chi connectivity index (χ1) is 12.4. The summed E-state index contributed by atoms with van der Waals surface area (Å²) in [7, 11) is 4.31. The van der Waals surface area contributed by atoms with Gasteiger partial charge in [-0.1, -0.05) is 0 Å². The molecular weight excluding hydrogens is 344 g/mol. The number of phenols is 1. The summed E-state index contributed by atoms with van der Waals surface area (Å²) < 4.78 is 15.6. The fourth-order valence-electron chi connectivity index (χ4n) is 2.32. The fourth-order valence-corrected chi connectivity index (χ4v) is 2.32. The standard InChI is InChI=1S/C17H18N2O7/c1-24-14-7-10(8-15(25-2)16(14)26-3)17(21)18-9-11-6-12(19(22)23)4-5-13(11)20/h4-8,20H,9H2,1-3H3,(H,18,21). The summed E-state index contributed by atoms with van der Waals surface area (Å²) in [5.74, 6) is 0.351. The van der Waals surface area contributed by atoms with Crippen LogP contribution in [0.1, 0.15) is 15.9 Å². The lowest BCUT2D eigenvalue weighted by molar-refractivity contribution is -0.384. The van der Waals surface area contributed by atoms with Gasteiger partial charge in [0.05, 0.1) is 26.3 Å². The molecule has 0 aliphatic rings. The Hall–Kier alpha value is -3.49. The molecule has 2 aromatic rings. The molecule has 0 saturated heterocycles. The van der Waals surface area contributed by atoms with Crippen molar-refractivity contribution in [2.24, 2.45) is 0 Å². The van der Waals surface area contributed by atoms with E-state index in [9.17, 15) is 20.0 Å². The number of ether oxygens (including phenoxy) is 3. The van der Waals surface area contributed by atoms with E-state index >= 15 is 0 Å². The number of benzene rings is 2. The van der Waals surface area contributed by atoms with Crippen molar-refractivity contribution in [2.45, 2.75) is 6.54 Å². The first-order valence-electron chi connectivity index (χ1n) is 7.45. The zero-order valence-corrected chi connectivity index (χ0v) is 14.4. The van der Waals surface area contributed by atoms with Crippen LogP contribution in [0.4, 0.5) is 5.69 Å². The number of carbonyl (C=O) groups is 1. The Morgan fingerprint density at radius 1 is 1.12 bits per heavy atom. The summed E-state index contributed by atoms with van der Waals surface area (Å²) in [6.45, 7) is -0.0942. The molecule has 0 aliphatic heterocycles. The van der Waals surface area contributed by atoms with Gasteiger partial charge < -0.3 is 24.6 Å². The van der Waals surface area contributed by atoms with Crippen LogP contribution in [-0.2, 0) is 6.54 Å². The number of methoxy groups -OCH3 is 3. The number of nitro groups is 1. The molecule has 138 valence electrons. The Morgan fingerprint density at radius 2 is 1.73 bits per heavy atom. The van der Waals surface area contributed by atoms with Gasteiger partial charge in [-0.05, 0) is 18.2 Å². The molecule has 2 N–H and O–H groups in total. The third-order valence-electron chi connectivity index (χ3n) is 3.64. The molecule has 0 saturated carbocycles. The van der Waals surface area contributed by atoms with E-state index in [4.69, 9.17) is 14.2 Å². The van der Waals surface area contributed by atoms with Gasteiger partial charge in [0.25, 0.3) is 11.6 Å². The Labute approximate surface area is 149 Å². The van der Waals surface area contributed by atoms with Crippen molar-refractivity contribution in [3.8, 4) is 23.0 Å². The molecule has 9 nitrogen and oxygen atoms in total. The quantitative estimate of drug-likeness (QED) is 0.572. The number of phenolic OH excluding ortho intramolecular Hbond substituents is 1. The molecule has 0 aliphatic carbocycles. The summed E-state index contributed by atoms with van der Waals surface area (Å²) in [5, 5.41) is 23.2. The van der Waals surface area contributed by atoms with Crippen LogP contribution in [-0.4, -0.2) is 37.3 Å². The minimum atomic E-state index is -0.579. The maximum absolute atomic E-state index is 12.4. The second-order valence-electron chi connectivity index (χ2n) is 5.17. The van der Waals surface area contributed by atoms with Crippen molar-refractivity contribution in [1.29, 1.82) is 0 Å². The Kier molecular flexibility index (Phi) is 5.84. The topological polar surface area (TPSA) is 120 Å². The number of nitrogens with one attached hydrogen (secondary N) is 1. The Bertz CT molecular complexity index is 811. The Balaban J connectivity index is 2.23. The summed E-state index contributed by atoms with van der Waals surface area (Å²) in [6.07, 6.45) is 0. The largest absolute Gasteiger partial charge is 0.508 e. The van der Waals surface area contributed by atoms with Crippen molar-refractivity contribution >= 4 is 11.6 Å². The molecule has 0 spiro atoms. The average molecular weight is 362 g/mol. The van der Waals surface area contributed by atoms with Crippen molar-refractivity contribution < 1.29 is 29.0 Å². The van der Waals surface area contributed by atoms with Crippen molar-refractivity contribution in [1.82, 2.24) is 5.32 Å². The van der Waals surface area contributed by atoms with Gasteiger partial charge in [0.2, 0.25) is 5.75 Å². The minimum Gasteiger partial charge on any atom is -0.508 e. The molecule has 2 aromatic carbocycles. The highest BCUT2D eigenvalue weighted by molar-refractivity contribution is 5.95. The van der Waals surface area contributed by atoms with E-state index in [1.165, 1.54) is 51.7 Å². The maximum atomic E-state index is 12.4. The molecule has 0 atom stereocenters. The van der Waals surface area contributed by atoms with E-state index in [0.717, 1.165) is 0 Å². The molecule has 9 heteroatoms. The minimum absolute atomic E-state index is 0.0942. The molecule has 0 heterocycles. The molecule has 0 unspecified atom stereocenters. The zero-order valence-electron chi connectivity index (χ0n) is 14.4. The predicted molar refractivity (Wildman–Crippen MR) is 92.0 cm³/mol. The first kappa shape index (κ1) is 18.8. The fraction of sp³-hybridized carbons (Fsp3) is 0.235. The normalized spacial score (nSPS) is 10.1. The van der Waals surface area contributed by atoms with Crippen LogP contribution < -0.4 is 19.5 Å². The predicted octanol–water partition coefficient (Wildman–Crippen LogP) is 2.26. The van der Waals surface area contributed by atoms with E-state index in [1.54, 1.807) is 0 Å². The monoisotopic (exact) mass is 362 g/mol. The van der Waals surface area contributed by atoms with Crippen LogP contribution in [0.15, 0.2) is 30.3 Å². The number of hydrogen-bond acceptors (Lipinski definition) is 7. The summed E-state index contributed by atoms with van der Waals surface area (Å²) in [6, 6.07) is 6.54. The van der Waals surface area contributed by atoms with Crippen LogP contribution in [0.25, 0.3) is 0 Å². The number of aromatic hydroxyl groups is 1. The summed E-state index contributed by atoms with van der Waals surface area (Å²) in [5.41, 5.74) is 0.282. The summed E-state index contributed by atoms with van der Waals surface area (Å²) >= 11 is 0. The highest BCUT2D eigenvalue weighted by Gasteiger charge is 2.17. The maximum Gasteiger partial charge on any atom is 0.270 e. The number of rotatable bonds is 7. The van der Waals surface area contributed by atoms with E-state index in [0.29, 0.717) is 17.2 Å². The van der Waals surface area contributed by atoms with Crippen molar-refractivity contribution in [3.63, 3.8) is 0 Å². The van der Waals surface area contributed by atoms with E-state index in [2.05, 4.69) is 5.32 Å². The van der Waals surface area contributed by atoms with Crippen LogP contribution in [0.5, 0.6) is 23.0 Å². The highest BCUT2D eigenvalue weighted by Crippen LogP contribution is 2.38. The second-order valence-corrected chi connectivity index (χ2v) is 5.17. The molecule has 26 heavy (non-hydrogen) atoms. The molecule has 0 fully saturated rings. The third kappa shape index (κ3) is 3.94. The van der Waals surface area contributed by atoms with Gasteiger partial charge in [0, 0.05) is 29.8 Å². The van der Waals surface area contributed by atoms with E-state index in [-0.39, 0.29) is 29.1 Å². The number of nitro benzene ring substituents is 1. The molecule has 2 rings (SSSR count). The number of nitrogens with zero attached hydrogens (tertiary/aromatic N) is 1. The molecule has 0 aromatic heterocycles. The van der Waals surface area contributed by atoms with Crippen LogP contribution in [0.2, 0.25) is 0 Å².